The molecule has 2 unspecified atom stereocenters. The molecule has 2 fully saturated rings. The highest BCUT2D eigenvalue weighted by Gasteiger charge is 2.38. The number of aliphatic carboxylic acids is 2. The van der Waals surface area contributed by atoms with Gasteiger partial charge in [-0.25, -0.2) is 9.97 Å². The third-order valence-corrected chi connectivity index (χ3v) is 12.6. The molecule has 0 saturated carbocycles. The van der Waals surface area contributed by atoms with Gasteiger partial charge in [0.2, 0.25) is 17.7 Å². The summed E-state index contributed by atoms with van der Waals surface area (Å²) in [5.74, 6) is -0.901. The van der Waals surface area contributed by atoms with E-state index in [2.05, 4.69) is 50.8 Å². The Morgan fingerprint density at radius 1 is 0.742 bits per heavy atom. The molecule has 2 atom stereocenters. The molecule has 6 heterocycles. The second-order valence-electron chi connectivity index (χ2n) is 17.1. The molecule has 7 N–H and O–H groups in total. The van der Waals surface area contributed by atoms with Crippen LogP contribution in [0.1, 0.15) is 98.3 Å². The van der Waals surface area contributed by atoms with Gasteiger partial charge in [0.25, 0.3) is 0 Å². The fourth-order valence-corrected chi connectivity index (χ4v) is 9.09. The van der Waals surface area contributed by atoms with Gasteiger partial charge in [-0.2, -0.15) is 0 Å². The van der Waals surface area contributed by atoms with Gasteiger partial charge >= 0.3 is 11.9 Å². The molecule has 0 bridgehead atoms. The number of hydrogen-bond acceptors (Lipinski definition) is 11. The minimum atomic E-state index is -1.06. The number of nitrogens with one attached hydrogen (secondary N) is 5. The molecule has 2 aromatic heterocycles. The van der Waals surface area contributed by atoms with Gasteiger partial charge in [0.05, 0.1) is 6.04 Å². The number of carboxylic acid groups (broad SMARTS) is 2. The number of likely N-dealkylation sites (tertiary alicyclic amines) is 2. The van der Waals surface area contributed by atoms with Gasteiger partial charge in [0.1, 0.15) is 23.7 Å². The molecule has 7 rings (SSSR count). The largest absolute Gasteiger partial charge is 0.480 e. The van der Waals surface area contributed by atoms with Gasteiger partial charge in [-0.3, -0.25) is 33.8 Å². The van der Waals surface area contributed by atoms with Crippen molar-refractivity contribution in [3.05, 3.63) is 76.6 Å². The number of piperidine rings is 1. The van der Waals surface area contributed by atoms with Gasteiger partial charge in [-0.15, -0.1) is 0 Å². The summed E-state index contributed by atoms with van der Waals surface area (Å²) in [5.41, 5.74) is 5.29. The maximum atomic E-state index is 13.2. The standard InChI is InChI=1S/C46H61N9O7/c56-39(14-4-1-10-33-17-15-30-8-5-23-47-42(30)51-33)50-35-28-55(29-35)38(45(59)60)19-20-40(57)53-37-13-3-2-12-36(37)41(46(61)62)54-26-21-32(22-27-54)44(58)49-25-7-11-34-18-16-31-9-6-24-48-43(31)52-34/h2-3,12-13,15-18,32,35,38,41H,1,4-11,14,19-29H2,(H,47,51)(H,48,52)(H,49,58)(H,50,56)(H,53,57)(H,59,60)(H,61,62). The zero-order chi connectivity index (χ0) is 43.4. The minimum absolute atomic E-state index is 0.0267. The molecule has 0 aliphatic carbocycles. The Morgan fingerprint density at radius 2 is 1.39 bits per heavy atom. The van der Waals surface area contributed by atoms with E-state index in [0.29, 0.717) is 63.2 Å². The number of fused-ring (bicyclic) bond motifs is 2. The molecule has 332 valence electrons. The third kappa shape index (κ3) is 11.8. The molecule has 3 amide bonds. The van der Waals surface area contributed by atoms with Crippen LogP contribution in [0.25, 0.3) is 0 Å². The molecular weight excluding hydrogens is 791 g/mol. The van der Waals surface area contributed by atoms with Gasteiger partial charge < -0.3 is 36.8 Å². The van der Waals surface area contributed by atoms with E-state index in [9.17, 15) is 34.2 Å². The molecule has 3 aromatic rings. The van der Waals surface area contributed by atoms with E-state index < -0.39 is 29.9 Å². The first-order chi connectivity index (χ1) is 30.1. The summed E-state index contributed by atoms with van der Waals surface area (Å²) in [6.07, 6.45) is 9.57. The van der Waals surface area contributed by atoms with E-state index in [1.54, 1.807) is 29.2 Å². The highest BCUT2D eigenvalue weighted by atomic mass is 16.4. The van der Waals surface area contributed by atoms with Crippen LogP contribution >= 0.6 is 0 Å². The van der Waals surface area contributed by atoms with E-state index in [-0.39, 0.29) is 36.6 Å². The van der Waals surface area contributed by atoms with Crippen LogP contribution in [0, 0.1) is 5.92 Å². The highest BCUT2D eigenvalue weighted by Crippen LogP contribution is 2.32. The van der Waals surface area contributed by atoms with Crippen LogP contribution in [0.2, 0.25) is 0 Å². The number of aromatic nitrogens is 2. The number of pyridine rings is 2. The monoisotopic (exact) mass is 851 g/mol. The molecule has 0 radical (unpaired) electrons. The van der Waals surface area contributed by atoms with Gasteiger partial charge in [-0.1, -0.05) is 30.3 Å². The van der Waals surface area contributed by atoms with E-state index in [0.717, 1.165) is 93.9 Å². The maximum Gasteiger partial charge on any atom is 0.325 e. The van der Waals surface area contributed by atoms with Crippen LogP contribution in [0.4, 0.5) is 17.3 Å². The molecule has 16 heteroatoms. The summed E-state index contributed by atoms with van der Waals surface area (Å²) in [7, 11) is 0. The van der Waals surface area contributed by atoms with E-state index in [1.807, 2.05) is 4.90 Å². The molecular formula is C46H61N9O7. The SMILES string of the molecule is O=C(CCC(C(=O)O)N1CC(NC(=O)CCCCc2ccc3c(n2)NCCC3)C1)Nc1ccccc1C(C(=O)O)N1CCC(C(=O)NCCCc2ccc3c(n2)NCCC3)CC1. The first kappa shape index (κ1) is 44.4. The zero-order valence-corrected chi connectivity index (χ0v) is 35.5. The van der Waals surface area contributed by atoms with Crippen molar-refractivity contribution in [3.63, 3.8) is 0 Å². The van der Waals surface area contributed by atoms with Crippen molar-refractivity contribution >= 4 is 47.0 Å². The zero-order valence-electron chi connectivity index (χ0n) is 35.5. The Balaban J connectivity index is 0.810. The number of hydrogen-bond donors (Lipinski definition) is 7. The van der Waals surface area contributed by atoms with Gasteiger partial charge in [-0.05, 0) is 106 Å². The lowest BCUT2D eigenvalue weighted by molar-refractivity contribution is -0.146. The molecule has 1 aromatic carbocycles. The third-order valence-electron chi connectivity index (χ3n) is 12.6. The molecule has 4 aliphatic heterocycles. The van der Waals surface area contributed by atoms with E-state index >= 15 is 0 Å². The predicted molar refractivity (Wildman–Crippen MR) is 235 cm³/mol. The van der Waals surface area contributed by atoms with Crippen molar-refractivity contribution < 1.29 is 34.2 Å². The van der Waals surface area contributed by atoms with Crippen molar-refractivity contribution in [3.8, 4) is 0 Å². The summed E-state index contributed by atoms with van der Waals surface area (Å²) in [5, 5.41) is 36.1. The fourth-order valence-electron chi connectivity index (χ4n) is 9.09. The van der Waals surface area contributed by atoms with Crippen molar-refractivity contribution in [2.24, 2.45) is 5.92 Å². The number of para-hydroxylation sites is 1. The van der Waals surface area contributed by atoms with Gasteiger partial charge in [0.15, 0.2) is 0 Å². The second-order valence-corrected chi connectivity index (χ2v) is 17.1. The summed E-state index contributed by atoms with van der Waals surface area (Å²) in [6, 6.07) is 13.1. The predicted octanol–water partition coefficient (Wildman–Crippen LogP) is 4.16. The topological polar surface area (TPSA) is 218 Å². The van der Waals surface area contributed by atoms with Gasteiger partial charge in [0, 0.05) is 87.2 Å². The Kier molecular flexibility index (Phi) is 15.4. The number of anilines is 3. The quantitative estimate of drug-likeness (QED) is 0.0796. The maximum absolute atomic E-state index is 13.2. The molecule has 4 aliphatic rings. The number of carbonyl (C=O) groups excluding carboxylic acids is 3. The fraction of sp³-hybridized carbons (Fsp3) is 0.543. The van der Waals surface area contributed by atoms with E-state index in [4.69, 9.17) is 9.97 Å². The average Bonchev–Trinajstić information content (AvgIpc) is 3.26. The Bertz CT molecular complexity index is 2070. The number of rotatable bonds is 20. The summed E-state index contributed by atoms with van der Waals surface area (Å²) in [4.78, 5) is 77.0. The van der Waals surface area contributed by atoms with Crippen LogP contribution in [-0.4, -0.2) is 118 Å². The van der Waals surface area contributed by atoms with Crippen molar-refractivity contribution in [1.29, 1.82) is 0 Å². The van der Waals surface area contributed by atoms with Crippen molar-refractivity contribution in [1.82, 2.24) is 30.4 Å². The number of unbranched alkanes of at least 4 members (excludes halogenated alkanes) is 1. The van der Waals surface area contributed by atoms with Crippen LogP contribution in [-0.2, 0) is 49.7 Å². The average molecular weight is 852 g/mol. The Labute approximate surface area is 363 Å². The van der Waals surface area contributed by atoms with Crippen LogP contribution in [0.3, 0.4) is 0 Å². The van der Waals surface area contributed by atoms with E-state index in [1.165, 1.54) is 11.1 Å². The minimum Gasteiger partial charge on any atom is -0.480 e. The number of benzene rings is 1. The van der Waals surface area contributed by atoms with Crippen LogP contribution in [0.15, 0.2) is 48.5 Å². The highest BCUT2D eigenvalue weighted by molar-refractivity contribution is 5.93. The molecule has 0 spiro atoms. The number of carbonyl (C=O) groups is 5. The molecule has 2 saturated heterocycles. The summed E-state index contributed by atoms with van der Waals surface area (Å²) < 4.78 is 0. The second kappa shape index (κ2) is 21.5. The van der Waals surface area contributed by atoms with Crippen molar-refractivity contribution in [2.45, 2.75) is 108 Å². The number of amides is 3. The number of nitrogens with zero attached hydrogens (tertiary/aromatic N) is 4. The Hall–Kier alpha value is -5.61. The first-order valence-corrected chi connectivity index (χ1v) is 22.5. The van der Waals surface area contributed by atoms with Crippen molar-refractivity contribution in [2.75, 3.05) is 61.8 Å². The lowest BCUT2D eigenvalue weighted by Crippen LogP contribution is -2.63. The van der Waals surface area contributed by atoms with Crippen LogP contribution < -0.4 is 26.6 Å². The first-order valence-electron chi connectivity index (χ1n) is 22.5. The molecule has 62 heavy (non-hydrogen) atoms. The number of carboxylic acids is 2. The number of aryl methyl sites for hydroxylation is 4. The lowest BCUT2D eigenvalue weighted by atomic mass is 9.93. The Morgan fingerprint density at radius 3 is 2.03 bits per heavy atom. The van der Waals surface area contributed by atoms with Crippen LogP contribution in [0.5, 0.6) is 0 Å². The smallest absolute Gasteiger partial charge is 0.325 e. The lowest BCUT2D eigenvalue weighted by Gasteiger charge is -2.42. The molecule has 16 nitrogen and oxygen atoms in total. The normalized spacial score (nSPS) is 17.8. The summed E-state index contributed by atoms with van der Waals surface area (Å²) >= 11 is 0. The summed E-state index contributed by atoms with van der Waals surface area (Å²) in [6.45, 7) is 3.96.